The number of thiocarbonyl (C=S) groups is 1. The third kappa shape index (κ3) is 4.18. The monoisotopic (exact) mass is 457 g/mol. The number of rotatable bonds is 4. The number of amides is 2. The minimum absolute atomic E-state index is 0.0302. The molecule has 162 valence electrons. The molecule has 2 aliphatic rings. The Labute approximate surface area is 191 Å². The third-order valence-electron chi connectivity index (χ3n) is 5.84. The number of hydrogen-bond donors (Lipinski definition) is 1. The predicted octanol–water partition coefficient (Wildman–Crippen LogP) is 4.08. The number of hydrogen-bond acceptors (Lipinski definition) is 4. The van der Waals surface area contributed by atoms with Crippen LogP contribution in [0.2, 0.25) is 5.02 Å². The number of benzene rings is 1. The van der Waals surface area contributed by atoms with Gasteiger partial charge in [-0.1, -0.05) is 17.7 Å². The van der Waals surface area contributed by atoms with Crippen LogP contribution in [0.5, 0.6) is 0 Å². The van der Waals surface area contributed by atoms with Crippen molar-refractivity contribution in [3.8, 4) is 0 Å². The minimum atomic E-state index is -0.506. The van der Waals surface area contributed by atoms with Crippen LogP contribution in [0.4, 0.5) is 5.69 Å². The molecule has 1 aromatic carbocycles. The maximum absolute atomic E-state index is 13.3. The van der Waals surface area contributed by atoms with Crippen molar-refractivity contribution in [1.82, 2.24) is 9.88 Å². The maximum Gasteiger partial charge on any atom is 0.270 e. The van der Waals surface area contributed by atoms with Crippen LogP contribution in [0, 0.1) is 20.8 Å². The van der Waals surface area contributed by atoms with Gasteiger partial charge in [0.25, 0.3) is 11.8 Å². The van der Waals surface area contributed by atoms with Crippen molar-refractivity contribution >= 4 is 52.5 Å². The molecule has 6 nitrogen and oxygen atoms in total. The molecule has 2 aromatic rings. The van der Waals surface area contributed by atoms with Crippen LogP contribution in [0.1, 0.15) is 35.4 Å². The van der Waals surface area contributed by atoms with Crippen LogP contribution in [0.3, 0.4) is 0 Å². The van der Waals surface area contributed by atoms with E-state index < -0.39 is 11.8 Å². The Hall–Kier alpha value is -2.48. The van der Waals surface area contributed by atoms with E-state index in [1.165, 1.54) is 4.90 Å². The number of aromatic nitrogens is 1. The standard InChI is InChI=1S/C23H24ClN3O3S/c1-13-6-7-17(11-20(13)24)27-22(29)19(21(28)25-23(27)31)10-16-9-14(2)26(15(16)3)12-18-5-4-8-30-18/h6-7,9-11,18H,4-5,8,12H2,1-3H3,(H,25,28,31)/b19-10+/t18-/m1/s1. The van der Waals surface area contributed by atoms with Crippen LogP contribution in [0.15, 0.2) is 29.8 Å². The fraction of sp³-hybridized carbons (Fsp3) is 0.348. The molecule has 2 aliphatic heterocycles. The Bertz CT molecular complexity index is 1120. The quantitative estimate of drug-likeness (QED) is 0.427. The Morgan fingerprint density at radius 3 is 2.71 bits per heavy atom. The van der Waals surface area contributed by atoms with Gasteiger partial charge in [0, 0.05) is 29.6 Å². The Morgan fingerprint density at radius 2 is 2.03 bits per heavy atom. The number of nitrogens with one attached hydrogen (secondary N) is 1. The Kier molecular flexibility index (Phi) is 6.01. The SMILES string of the molecule is Cc1ccc(N2C(=O)/C(=C/c3cc(C)n(C[C@H]4CCCO4)c3C)C(=O)NC2=S)cc1Cl. The summed E-state index contributed by atoms with van der Waals surface area (Å²) in [7, 11) is 0. The van der Waals surface area contributed by atoms with Crippen LogP contribution in [0.25, 0.3) is 6.08 Å². The first-order chi connectivity index (χ1) is 14.8. The molecule has 3 heterocycles. The third-order valence-corrected chi connectivity index (χ3v) is 6.53. The lowest BCUT2D eigenvalue weighted by atomic mass is 10.1. The summed E-state index contributed by atoms with van der Waals surface area (Å²) in [4.78, 5) is 27.2. The van der Waals surface area contributed by atoms with Gasteiger partial charge in [-0.2, -0.15) is 0 Å². The second-order valence-electron chi connectivity index (χ2n) is 7.96. The number of anilines is 1. The summed E-state index contributed by atoms with van der Waals surface area (Å²) in [5.74, 6) is -0.981. The molecule has 0 bridgehead atoms. The molecule has 31 heavy (non-hydrogen) atoms. The van der Waals surface area contributed by atoms with Gasteiger partial charge in [0.15, 0.2) is 5.11 Å². The molecule has 0 spiro atoms. The second-order valence-corrected chi connectivity index (χ2v) is 8.76. The highest BCUT2D eigenvalue weighted by Crippen LogP contribution is 2.28. The summed E-state index contributed by atoms with van der Waals surface area (Å²) in [6, 6.07) is 7.22. The highest BCUT2D eigenvalue weighted by molar-refractivity contribution is 7.80. The molecule has 0 radical (unpaired) electrons. The van der Waals surface area contributed by atoms with Gasteiger partial charge < -0.3 is 9.30 Å². The number of ether oxygens (including phenoxy) is 1. The van der Waals surface area contributed by atoms with Crippen LogP contribution >= 0.6 is 23.8 Å². The van der Waals surface area contributed by atoms with Crippen molar-refractivity contribution in [2.24, 2.45) is 0 Å². The summed E-state index contributed by atoms with van der Waals surface area (Å²) >= 11 is 11.5. The summed E-state index contributed by atoms with van der Waals surface area (Å²) < 4.78 is 7.94. The van der Waals surface area contributed by atoms with Crippen molar-refractivity contribution in [1.29, 1.82) is 0 Å². The van der Waals surface area contributed by atoms with Gasteiger partial charge in [-0.05, 0) is 81.2 Å². The number of carbonyl (C=O) groups excluding carboxylic acids is 2. The topological polar surface area (TPSA) is 63.6 Å². The van der Waals surface area contributed by atoms with E-state index in [1.807, 2.05) is 32.9 Å². The second kappa shape index (κ2) is 8.57. The largest absolute Gasteiger partial charge is 0.376 e. The van der Waals surface area contributed by atoms with Gasteiger partial charge in [0.2, 0.25) is 0 Å². The summed E-state index contributed by atoms with van der Waals surface area (Å²) in [6.45, 7) is 7.44. The smallest absolute Gasteiger partial charge is 0.270 e. The normalized spacial score (nSPS) is 20.6. The van der Waals surface area contributed by atoms with Crippen molar-refractivity contribution < 1.29 is 14.3 Å². The molecule has 1 N–H and O–H groups in total. The lowest BCUT2D eigenvalue weighted by molar-refractivity contribution is -0.122. The number of carbonyl (C=O) groups is 2. The molecule has 2 amide bonds. The number of halogens is 1. The van der Waals surface area contributed by atoms with Crippen molar-refractivity contribution in [3.63, 3.8) is 0 Å². The number of aryl methyl sites for hydroxylation is 2. The van der Waals surface area contributed by atoms with Gasteiger partial charge >= 0.3 is 0 Å². The molecule has 0 aliphatic carbocycles. The van der Waals surface area contributed by atoms with Gasteiger partial charge in [0.1, 0.15) is 5.57 Å². The Balaban J connectivity index is 1.68. The van der Waals surface area contributed by atoms with E-state index in [0.717, 1.165) is 48.5 Å². The average Bonchev–Trinajstić information content (AvgIpc) is 3.32. The molecular formula is C23H24ClN3O3S. The van der Waals surface area contributed by atoms with E-state index in [4.69, 9.17) is 28.6 Å². The molecule has 2 fully saturated rings. The van der Waals surface area contributed by atoms with Crippen molar-refractivity contribution in [3.05, 3.63) is 57.4 Å². The fourth-order valence-corrected chi connectivity index (χ4v) is 4.47. The van der Waals surface area contributed by atoms with Crippen LogP contribution in [-0.2, 0) is 20.9 Å². The predicted molar refractivity (Wildman–Crippen MR) is 125 cm³/mol. The van der Waals surface area contributed by atoms with E-state index in [-0.39, 0.29) is 16.8 Å². The van der Waals surface area contributed by atoms with E-state index >= 15 is 0 Å². The van der Waals surface area contributed by atoms with E-state index in [2.05, 4.69) is 9.88 Å². The molecule has 2 saturated heterocycles. The first-order valence-electron chi connectivity index (χ1n) is 10.2. The highest BCUT2D eigenvalue weighted by Gasteiger charge is 2.35. The number of nitrogens with zero attached hydrogens (tertiary/aromatic N) is 2. The zero-order valence-electron chi connectivity index (χ0n) is 17.7. The lowest BCUT2D eigenvalue weighted by Crippen LogP contribution is -2.54. The van der Waals surface area contributed by atoms with E-state index in [9.17, 15) is 9.59 Å². The zero-order valence-corrected chi connectivity index (χ0v) is 19.3. The zero-order chi connectivity index (χ0) is 22.3. The molecule has 0 saturated carbocycles. The molecule has 4 rings (SSSR count). The molecule has 1 aromatic heterocycles. The van der Waals surface area contributed by atoms with Gasteiger partial charge in [-0.15, -0.1) is 0 Å². The first-order valence-corrected chi connectivity index (χ1v) is 11.0. The first kappa shape index (κ1) is 21.7. The molecule has 8 heteroatoms. The van der Waals surface area contributed by atoms with Crippen molar-refractivity contribution in [2.75, 3.05) is 11.5 Å². The highest BCUT2D eigenvalue weighted by atomic mass is 35.5. The van der Waals surface area contributed by atoms with Crippen LogP contribution < -0.4 is 10.2 Å². The lowest BCUT2D eigenvalue weighted by Gasteiger charge is -2.29. The summed E-state index contributed by atoms with van der Waals surface area (Å²) in [5.41, 5.74) is 4.30. The maximum atomic E-state index is 13.3. The fourth-order valence-electron chi connectivity index (χ4n) is 4.02. The minimum Gasteiger partial charge on any atom is -0.376 e. The summed E-state index contributed by atoms with van der Waals surface area (Å²) in [5, 5.41) is 3.18. The summed E-state index contributed by atoms with van der Waals surface area (Å²) in [6.07, 6.45) is 3.95. The van der Waals surface area contributed by atoms with Gasteiger partial charge in [-0.25, -0.2) is 0 Å². The van der Waals surface area contributed by atoms with Crippen LogP contribution in [-0.4, -0.2) is 34.2 Å². The van der Waals surface area contributed by atoms with Crippen molar-refractivity contribution in [2.45, 2.75) is 46.3 Å². The van der Waals surface area contributed by atoms with E-state index in [0.29, 0.717) is 10.7 Å². The van der Waals surface area contributed by atoms with E-state index in [1.54, 1.807) is 18.2 Å². The molecule has 1 atom stereocenters. The van der Waals surface area contributed by atoms with Gasteiger partial charge in [-0.3, -0.25) is 19.8 Å². The average molecular weight is 458 g/mol. The van der Waals surface area contributed by atoms with Gasteiger partial charge in [0.05, 0.1) is 11.8 Å². The molecular weight excluding hydrogens is 434 g/mol. The Morgan fingerprint density at radius 1 is 1.26 bits per heavy atom. The molecule has 0 unspecified atom stereocenters.